The summed E-state index contributed by atoms with van der Waals surface area (Å²) < 4.78 is 0. The van der Waals surface area contributed by atoms with E-state index in [1.165, 1.54) is 130 Å². The highest BCUT2D eigenvalue weighted by Crippen LogP contribution is 2.44. The van der Waals surface area contributed by atoms with Gasteiger partial charge in [0.1, 0.15) is 0 Å². The van der Waals surface area contributed by atoms with Crippen molar-refractivity contribution in [1.82, 2.24) is 0 Å². The molecule has 0 atom stereocenters. The van der Waals surface area contributed by atoms with E-state index in [0.717, 1.165) is 0 Å². The maximum atomic E-state index is 2.55. The van der Waals surface area contributed by atoms with E-state index in [-0.39, 0.29) is 13.4 Å². The molecule has 0 amide bonds. The molecule has 14 rings (SSSR count). The van der Waals surface area contributed by atoms with Gasteiger partial charge in [-0.1, -0.05) is 227 Å². The second-order valence-corrected chi connectivity index (χ2v) is 16.6. The Labute approximate surface area is 336 Å². The Hall–Kier alpha value is -7.15. The van der Waals surface area contributed by atoms with Crippen LogP contribution in [0.5, 0.6) is 0 Å². The molecule has 262 valence electrons. The average Bonchev–Trinajstić information content (AvgIpc) is 3.80. The summed E-state index contributed by atoms with van der Waals surface area (Å²) in [6.45, 7) is 0.241. The molecule has 2 heterocycles. The zero-order valence-corrected chi connectivity index (χ0v) is 31.6. The molecule has 0 aliphatic carbocycles. The van der Waals surface area contributed by atoms with Gasteiger partial charge in [-0.15, -0.1) is 0 Å². The lowest BCUT2D eigenvalue weighted by Gasteiger charge is -2.20. The van der Waals surface area contributed by atoms with Gasteiger partial charge in [0, 0.05) is 0 Å². The lowest BCUT2D eigenvalue weighted by atomic mass is 9.37. The first-order valence-corrected chi connectivity index (χ1v) is 20.6. The molecular formula is C56H32B2. The molecule has 58 heavy (non-hydrogen) atoms. The Bertz CT molecular complexity index is 3510. The van der Waals surface area contributed by atoms with Gasteiger partial charge in [-0.25, -0.2) is 0 Å². The molecule has 2 aliphatic rings. The molecule has 0 bridgehead atoms. The van der Waals surface area contributed by atoms with E-state index in [1.807, 2.05) is 0 Å². The third-order valence-electron chi connectivity index (χ3n) is 13.9. The third-order valence-corrected chi connectivity index (χ3v) is 13.9. The van der Waals surface area contributed by atoms with Gasteiger partial charge in [0.05, 0.1) is 0 Å². The minimum atomic E-state index is 0.120. The van der Waals surface area contributed by atoms with Gasteiger partial charge in [0.15, 0.2) is 0 Å². The van der Waals surface area contributed by atoms with Crippen molar-refractivity contribution in [2.45, 2.75) is 0 Å². The summed E-state index contributed by atoms with van der Waals surface area (Å²) in [4.78, 5) is 0. The molecule has 0 nitrogen and oxygen atoms in total. The van der Waals surface area contributed by atoms with E-state index < -0.39 is 0 Å². The molecule has 0 saturated heterocycles. The molecule has 0 spiro atoms. The number of hydrogen-bond donors (Lipinski definition) is 0. The van der Waals surface area contributed by atoms with E-state index in [0.29, 0.717) is 0 Å². The summed E-state index contributed by atoms with van der Waals surface area (Å²) in [5.74, 6) is 0. The van der Waals surface area contributed by atoms with E-state index in [2.05, 4.69) is 194 Å². The summed E-state index contributed by atoms with van der Waals surface area (Å²) in [7, 11) is 0. The highest BCUT2D eigenvalue weighted by Gasteiger charge is 2.40. The predicted octanol–water partition coefficient (Wildman–Crippen LogP) is 10.2. The predicted molar refractivity (Wildman–Crippen MR) is 253 cm³/mol. The zero-order chi connectivity index (χ0) is 37.6. The maximum Gasteiger partial charge on any atom is 0.244 e. The van der Waals surface area contributed by atoms with Crippen LogP contribution >= 0.6 is 0 Å². The van der Waals surface area contributed by atoms with Crippen molar-refractivity contribution in [3.8, 4) is 22.3 Å². The molecule has 0 saturated carbocycles. The van der Waals surface area contributed by atoms with Gasteiger partial charge >= 0.3 is 0 Å². The fourth-order valence-corrected chi connectivity index (χ4v) is 11.7. The first-order valence-electron chi connectivity index (χ1n) is 20.6. The van der Waals surface area contributed by atoms with Crippen molar-refractivity contribution in [3.63, 3.8) is 0 Å². The summed E-state index contributed by atoms with van der Waals surface area (Å²) in [5, 5.41) is 18.6. The minimum Gasteiger partial charge on any atom is -0.0663 e. The van der Waals surface area contributed by atoms with Crippen LogP contribution in [0.3, 0.4) is 0 Å². The summed E-state index contributed by atoms with van der Waals surface area (Å²) in [6, 6.07) is 73.9. The van der Waals surface area contributed by atoms with Crippen LogP contribution < -0.4 is 32.8 Å². The van der Waals surface area contributed by atoms with Crippen molar-refractivity contribution in [1.29, 1.82) is 0 Å². The van der Waals surface area contributed by atoms with E-state index in [4.69, 9.17) is 0 Å². The third kappa shape index (κ3) is 3.92. The van der Waals surface area contributed by atoms with Crippen LogP contribution in [-0.2, 0) is 0 Å². The fraction of sp³-hybridized carbons (Fsp3) is 0. The van der Waals surface area contributed by atoms with Crippen LogP contribution in [0, 0.1) is 0 Å². The van der Waals surface area contributed by atoms with Crippen molar-refractivity contribution in [3.05, 3.63) is 194 Å². The highest BCUT2D eigenvalue weighted by atomic mass is 14.3. The topological polar surface area (TPSA) is 0 Å². The van der Waals surface area contributed by atoms with Crippen molar-refractivity contribution in [2.24, 2.45) is 0 Å². The zero-order valence-electron chi connectivity index (χ0n) is 31.6. The van der Waals surface area contributed by atoms with Gasteiger partial charge < -0.3 is 0 Å². The Balaban J connectivity index is 1.10. The quantitative estimate of drug-likeness (QED) is 0.123. The van der Waals surface area contributed by atoms with Crippen LogP contribution in [0.15, 0.2) is 194 Å². The van der Waals surface area contributed by atoms with Crippen LogP contribution in [0.2, 0.25) is 0 Å². The van der Waals surface area contributed by atoms with Gasteiger partial charge in [-0.05, 0) is 97.7 Å². The molecule has 12 aromatic carbocycles. The second-order valence-electron chi connectivity index (χ2n) is 16.6. The Morgan fingerprint density at radius 2 is 0.603 bits per heavy atom. The smallest absolute Gasteiger partial charge is 0.0663 e. The monoisotopic (exact) mass is 726 g/mol. The SMILES string of the molecule is c1ccc2c(B3c4cc5ccc6c7c(cc8ccc(c4-c4ccc9ccccc9c43)c5c86)B(c3cccc4ccccc34)c3c-7ccc4ccccc34)cccc2c1. The fourth-order valence-electron chi connectivity index (χ4n) is 11.7. The Kier molecular flexibility index (Phi) is 6.01. The maximum absolute atomic E-state index is 2.55. The molecule has 0 unspecified atom stereocenters. The molecule has 0 N–H and O–H groups in total. The summed E-state index contributed by atoms with van der Waals surface area (Å²) in [6.07, 6.45) is 0. The van der Waals surface area contributed by atoms with Gasteiger partial charge in [0.25, 0.3) is 0 Å². The molecule has 0 aromatic heterocycles. The largest absolute Gasteiger partial charge is 0.244 e. The average molecular weight is 726 g/mol. The molecule has 12 aromatic rings. The van der Waals surface area contributed by atoms with E-state index in [9.17, 15) is 0 Å². The Morgan fingerprint density at radius 3 is 1.05 bits per heavy atom. The van der Waals surface area contributed by atoms with E-state index >= 15 is 0 Å². The van der Waals surface area contributed by atoms with Crippen molar-refractivity contribution < 1.29 is 0 Å². The van der Waals surface area contributed by atoms with E-state index in [1.54, 1.807) is 0 Å². The first-order chi connectivity index (χ1) is 28.8. The first kappa shape index (κ1) is 31.0. The van der Waals surface area contributed by atoms with Crippen LogP contribution in [0.25, 0.3) is 97.7 Å². The number of fused-ring (bicyclic) bond motifs is 14. The normalized spacial score (nSPS) is 13.1. The molecular weight excluding hydrogens is 694 g/mol. The molecule has 2 heteroatoms. The second kappa shape index (κ2) is 11.2. The summed E-state index contributed by atoms with van der Waals surface area (Å²) >= 11 is 0. The number of benzene rings is 12. The molecule has 0 fully saturated rings. The van der Waals surface area contributed by atoms with Gasteiger partial charge in [-0.2, -0.15) is 0 Å². The van der Waals surface area contributed by atoms with Crippen molar-refractivity contribution in [2.75, 3.05) is 0 Å². The lowest BCUT2D eigenvalue weighted by molar-refractivity contribution is 1.75. The van der Waals surface area contributed by atoms with Gasteiger partial charge in [-0.3, -0.25) is 0 Å². The molecule has 0 radical (unpaired) electrons. The lowest BCUT2D eigenvalue weighted by Crippen LogP contribution is -2.49. The van der Waals surface area contributed by atoms with Crippen LogP contribution in [-0.4, -0.2) is 13.4 Å². The number of rotatable bonds is 2. The minimum absolute atomic E-state index is 0.120. The Morgan fingerprint density at radius 1 is 0.241 bits per heavy atom. The van der Waals surface area contributed by atoms with Crippen LogP contribution in [0.4, 0.5) is 0 Å². The van der Waals surface area contributed by atoms with Crippen LogP contribution in [0.1, 0.15) is 0 Å². The summed E-state index contributed by atoms with van der Waals surface area (Å²) in [5.41, 5.74) is 13.9. The number of hydrogen-bond acceptors (Lipinski definition) is 0. The highest BCUT2D eigenvalue weighted by molar-refractivity contribution is 7.03. The molecule has 2 aliphatic heterocycles. The van der Waals surface area contributed by atoms with Gasteiger partial charge in [0.2, 0.25) is 13.4 Å². The standard InChI is InChI=1S/C56H32B2/c1-5-17-39-33(11-1)15-9-21-47(39)57-49-31-37-25-28-44-52-38(26-27-43(51(37)52)53(49)45-29-23-35-13-3-7-19-41(35)55(45)57)32-50-54(44)46-30-24-36-14-4-8-20-42(36)56(46)58(50)48-22-10-16-34-12-2-6-18-40(34)48/h1-32H. The van der Waals surface area contributed by atoms with Crippen molar-refractivity contribution >= 4 is 122 Å².